The van der Waals surface area contributed by atoms with E-state index in [-0.39, 0.29) is 17.3 Å². The summed E-state index contributed by atoms with van der Waals surface area (Å²) in [6.07, 6.45) is 12.3. The molecule has 2 heterocycles. The summed E-state index contributed by atoms with van der Waals surface area (Å²) in [5.41, 5.74) is 10.8. The lowest BCUT2D eigenvalue weighted by molar-refractivity contribution is -0.777. The minimum Gasteiger partial charge on any atom is -0.748 e. The number of diazo groups is 1. The molecule has 336 valence electrons. The zero-order valence-electron chi connectivity index (χ0n) is 36.8. The van der Waals surface area contributed by atoms with Crippen molar-refractivity contribution in [3.63, 3.8) is 0 Å². The van der Waals surface area contributed by atoms with Gasteiger partial charge < -0.3 is 24.8 Å². The Hall–Kier alpha value is -5.24. The Morgan fingerprint density at radius 3 is 2.34 bits per heavy atom. The molecule has 1 N–H and O–H groups in total. The van der Waals surface area contributed by atoms with Gasteiger partial charge in [-0.1, -0.05) is 92.2 Å². The van der Waals surface area contributed by atoms with Gasteiger partial charge in [0.25, 0.3) is 0 Å². The van der Waals surface area contributed by atoms with E-state index in [0.29, 0.717) is 23.7 Å². The third kappa shape index (κ3) is 11.5. The lowest BCUT2D eigenvalue weighted by Crippen LogP contribution is -2.28. The summed E-state index contributed by atoms with van der Waals surface area (Å²) in [6, 6.07) is 31.7. The van der Waals surface area contributed by atoms with Crippen LogP contribution in [0, 0.1) is 5.39 Å². The van der Waals surface area contributed by atoms with Crippen LogP contribution >= 0.6 is 23.6 Å². The summed E-state index contributed by atoms with van der Waals surface area (Å²) >= 11 is 8.12. The van der Waals surface area contributed by atoms with Crippen molar-refractivity contribution in [1.29, 1.82) is 5.39 Å². The van der Waals surface area contributed by atoms with E-state index >= 15 is 0 Å². The van der Waals surface area contributed by atoms with Crippen molar-refractivity contribution in [2.75, 3.05) is 41.9 Å². The Labute approximate surface area is 386 Å². The second-order valence-electron chi connectivity index (χ2n) is 16.6. The van der Waals surface area contributed by atoms with Crippen molar-refractivity contribution < 1.29 is 36.9 Å². The van der Waals surface area contributed by atoms with Crippen LogP contribution in [0.4, 0.5) is 28.4 Å². The number of methoxy groups -OCH3 is 1. The van der Waals surface area contributed by atoms with Crippen molar-refractivity contribution >= 4 is 67.9 Å². The molecule has 0 amide bonds. The number of nitrogens with zero attached hydrogens (tertiary/aromatic N) is 4. The number of ether oxygens (including phenoxy) is 1. The van der Waals surface area contributed by atoms with Crippen LogP contribution in [-0.2, 0) is 30.3 Å². The first-order chi connectivity index (χ1) is 30.7. The molecule has 0 bridgehead atoms. The lowest BCUT2D eigenvalue weighted by Gasteiger charge is -2.27. The van der Waals surface area contributed by atoms with Crippen LogP contribution in [-0.4, -0.2) is 55.0 Å². The molecule has 15 heteroatoms. The highest BCUT2D eigenvalue weighted by Gasteiger charge is 2.44. The molecule has 0 fully saturated rings. The first-order valence-corrected chi connectivity index (χ1v) is 24.0. The number of halogens is 1. The Morgan fingerprint density at radius 2 is 1.62 bits per heavy atom. The summed E-state index contributed by atoms with van der Waals surface area (Å²) in [5, 5.41) is 26.4. The van der Waals surface area contributed by atoms with Crippen LogP contribution < -0.4 is 20.2 Å². The van der Waals surface area contributed by atoms with Gasteiger partial charge in [-0.2, -0.15) is 8.91 Å². The third-order valence-electron chi connectivity index (χ3n) is 11.8. The molecule has 0 radical (unpaired) electrons. The maximum atomic E-state index is 11.3. The highest BCUT2D eigenvalue weighted by molar-refractivity contribution is 7.94. The monoisotopic (exact) mass is 923 g/mol. The second-order valence-corrected chi connectivity index (χ2v) is 19.3. The molecule has 3 aliphatic rings. The van der Waals surface area contributed by atoms with E-state index in [1.165, 1.54) is 24.1 Å². The van der Waals surface area contributed by atoms with Crippen LogP contribution in [0.15, 0.2) is 143 Å². The molecular weight excluding hydrogens is 870 g/mol. The van der Waals surface area contributed by atoms with Crippen molar-refractivity contribution in [2.24, 2.45) is 0 Å². The minimum absolute atomic E-state index is 0.211. The summed E-state index contributed by atoms with van der Waals surface area (Å²) in [5.74, 6) is 0.747. The number of hydrogen-bond acceptors (Lipinski definition) is 11. The highest BCUT2D eigenvalue weighted by atomic mass is 35.5. The van der Waals surface area contributed by atoms with Gasteiger partial charge in [-0.25, -0.2) is 8.42 Å². The molecule has 0 atom stereocenters. The van der Waals surface area contributed by atoms with Gasteiger partial charge in [-0.3, -0.25) is 5.04 Å². The first-order valence-electron chi connectivity index (χ1n) is 21.2. The Morgan fingerprint density at radius 1 is 0.906 bits per heavy atom. The van der Waals surface area contributed by atoms with E-state index in [4.69, 9.17) is 21.7 Å². The molecule has 4 aromatic carbocycles. The molecule has 0 saturated heterocycles. The second kappa shape index (κ2) is 21.6. The molecular formula is C49H54ClN5O7S2. The largest absolute Gasteiger partial charge is 0.748 e. The van der Waals surface area contributed by atoms with Gasteiger partial charge in [0.1, 0.15) is 6.54 Å². The number of anilines is 3. The predicted octanol–water partition coefficient (Wildman–Crippen LogP) is 11.0. The molecule has 0 spiro atoms. The molecule has 12 nitrogen and oxygen atoms in total. The average molecular weight is 925 g/mol. The fraction of sp³-hybridized carbons (Fsp3) is 0.327. The van der Waals surface area contributed by atoms with Gasteiger partial charge in [0.2, 0.25) is 16.8 Å². The normalized spacial score (nSPS) is 17.6. The smallest absolute Gasteiger partial charge is 0.426 e. The maximum Gasteiger partial charge on any atom is 0.426 e. The summed E-state index contributed by atoms with van der Waals surface area (Å²) in [4.78, 5) is 5.28. The maximum absolute atomic E-state index is 11.3. The quantitative estimate of drug-likeness (QED) is 0.0217. The average Bonchev–Trinajstić information content (AvgIpc) is 3.63. The molecule has 4 aromatic rings. The predicted molar refractivity (Wildman–Crippen MR) is 254 cm³/mol. The van der Waals surface area contributed by atoms with Crippen molar-refractivity contribution in [3.05, 3.63) is 159 Å². The Kier molecular flexibility index (Phi) is 16.3. The number of hydrogen-bond donors (Lipinski definition) is 1. The van der Waals surface area contributed by atoms with Gasteiger partial charge in [0.05, 0.1) is 22.6 Å². The van der Waals surface area contributed by atoms with E-state index < -0.39 is 15.9 Å². The van der Waals surface area contributed by atoms with Gasteiger partial charge in [0.15, 0.2) is 10.7 Å². The van der Waals surface area contributed by atoms with Crippen LogP contribution in [0.25, 0.3) is 4.98 Å². The number of fused-ring (bicyclic) bond motifs is 2. The number of para-hydroxylation sites is 3. The van der Waals surface area contributed by atoms with Crippen molar-refractivity contribution in [2.45, 2.75) is 70.6 Å². The van der Waals surface area contributed by atoms with E-state index in [0.717, 1.165) is 88.8 Å². The highest BCUT2D eigenvalue weighted by Crippen LogP contribution is 2.48. The molecule has 0 aromatic heterocycles. The van der Waals surface area contributed by atoms with Crippen molar-refractivity contribution in [3.8, 4) is 5.75 Å². The molecule has 7 rings (SSSR count). The Balaban J connectivity index is 0.000000333. The topological polar surface area (TPSA) is 154 Å². The summed E-state index contributed by atoms with van der Waals surface area (Å²) < 4.78 is 45.9. The van der Waals surface area contributed by atoms with Crippen LogP contribution in [0.1, 0.15) is 70.9 Å². The first kappa shape index (κ1) is 48.2. The van der Waals surface area contributed by atoms with Crippen molar-refractivity contribution in [1.82, 2.24) is 0 Å². The zero-order valence-corrected chi connectivity index (χ0v) is 39.1. The molecule has 64 heavy (non-hydrogen) atoms. The molecule has 0 unspecified atom stereocenters. The van der Waals surface area contributed by atoms with E-state index in [1.807, 2.05) is 54.6 Å². The third-order valence-corrected chi connectivity index (χ3v) is 13.6. The zero-order chi connectivity index (χ0) is 45.9. The van der Waals surface area contributed by atoms with E-state index in [2.05, 4.69) is 111 Å². The molecule has 1 aliphatic carbocycles. The van der Waals surface area contributed by atoms with Gasteiger partial charge in [-0.05, 0) is 86.6 Å². The van der Waals surface area contributed by atoms with Gasteiger partial charge in [0, 0.05) is 99.6 Å². The number of nitrogens with one attached hydrogen (secondary N) is 1. The summed E-state index contributed by atoms with van der Waals surface area (Å²) in [7, 11) is -2.75. The number of benzene rings is 4. The standard InChI is InChI=1S/C36H43ClN2O6S2.C13H12N3O/c1-35(2)28-14-5-7-16-30(28)38(22-10-24-46-45-44-40)32(35)20-18-26-12-9-13-27(34(26)37)19-21-33-36(3,4)29-15-6-8-17-31(29)39(33)23-11-25-47(41,42)43;1-17-13-9-11(7-8-12(13)16-14)15-10-5-3-2-4-6-10/h5-8,14-21H,9-13,22-25H2,1-4H3,(H-,40,41,42,43);2-9,15H,1H3/q;+1/p-1. The molecule has 2 aliphatic heterocycles. The SMILES string of the molecule is CC1(C)C(/C=C/C2=C(Cl)C(=C/C=C3/N(CCCS(=O)(=O)[O-])c4ccccc4C3(C)C)/CCC2)=[N+](CCCSOO[O-])c2ccccc21.COc1cc(Nc2ccccc2)ccc1[N+]#N. The lowest BCUT2D eigenvalue weighted by atomic mass is 9.81. The molecule has 0 saturated carbocycles. The van der Waals surface area contributed by atoms with E-state index in [1.54, 1.807) is 12.1 Å². The Bertz CT molecular complexity index is 2620. The fourth-order valence-electron chi connectivity index (χ4n) is 8.59. The minimum atomic E-state index is -4.29. The summed E-state index contributed by atoms with van der Waals surface area (Å²) in [6.45, 7) is 10.0. The number of allylic oxidation sites excluding steroid dienone is 8. The fourth-order valence-corrected chi connectivity index (χ4v) is 9.74. The van der Waals surface area contributed by atoms with Gasteiger partial charge in [-0.15, -0.1) is 0 Å². The van der Waals surface area contributed by atoms with Crippen LogP contribution in [0.2, 0.25) is 0 Å². The van der Waals surface area contributed by atoms with Gasteiger partial charge >= 0.3 is 5.69 Å². The number of rotatable bonds is 16. The van der Waals surface area contributed by atoms with Crippen LogP contribution in [0.3, 0.4) is 0 Å². The van der Waals surface area contributed by atoms with E-state index in [9.17, 15) is 18.2 Å². The van der Waals surface area contributed by atoms with Crippen LogP contribution in [0.5, 0.6) is 5.75 Å².